The molecule has 3 aromatic rings. The number of benzene rings is 2. The van der Waals surface area contributed by atoms with Gasteiger partial charge in [-0.15, -0.1) is 0 Å². The number of esters is 1. The molecule has 3 rings (SSSR count). The summed E-state index contributed by atoms with van der Waals surface area (Å²) in [6, 6.07) is 14.3. The van der Waals surface area contributed by atoms with Gasteiger partial charge in [0.05, 0.1) is 18.9 Å². The molecule has 2 aromatic carbocycles. The number of nitriles is 1. The van der Waals surface area contributed by atoms with E-state index in [1.54, 1.807) is 12.1 Å². The van der Waals surface area contributed by atoms with E-state index in [2.05, 4.69) is 0 Å². The summed E-state index contributed by atoms with van der Waals surface area (Å²) in [5.74, 6) is -1.30. The number of hydrogen-bond donors (Lipinski definition) is 0. The third-order valence-corrected chi connectivity index (χ3v) is 3.89. The van der Waals surface area contributed by atoms with Crippen LogP contribution in [0, 0.1) is 17.1 Å². The Bertz CT molecular complexity index is 1110. The monoisotopic (exact) mass is 391 g/mol. The fourth-order valence-electron chi connectivity index (χ4n) is 2.46. The van der Waals surface area contributed by atoms with Gasteiger partial charge in [-0.25, -0.2) is 9.18 Å². The van der Waals surface area contributed by atoms with E-state index in [-0.39, 0.29) is 28.4 Å². The molecule has 0 saturated carbocycles. The smallest absolute Gasteiger partial charge is 0.343 e. The lowest BCUT2D eigenvalue weighted by Gasteiger charge is -2.10. The van der Waals surface area contributed by atoms with Gasteiger partial charge in [0.25, 0.3) is 0 Å². The molecule has 0 bridgehead atoms. The van der Waals surface area contributed by atoms with Crippen LogP contribution >= 0.6 is 0 Å². The highest BCUT2D eigenvalue weighted by Gasteiger charge is 2.16. The zero-order valence-electron chi connectivity index (χ0n) is 15.2. The summed E-state index contributed by atoms with van der Waals surface area (Å²) < 4.78 is 28.6. The third kappa shape index (κ3) is 4.57. The van der Waals surface area contributed by atoms with E-state index in [1.807, 2.05) is 6.07 Å². The quantitative estimate of drug-likeness (QED) is 0.203. The van der Waals surface area contributed by atoms with Crippen LogP contribution in [0.5, 0.6) is 11.5 Å². The number of methoxy groups -OCH3 is 1. The SMILES string of the molecule is COc1cc(/C=C(\C#N)C(=O)c2ccco2)ccc1OC(=O)c1ccc(F)cc1. The van der Waals surface area contributed by atoms with E-state index >= 15 is 0 Å². The summed E-state index contributed by atoms with van der Waals surface area (Å²) >= 11 is 0. The summed E-state index contributed by atoms with van der Waals surface area (Å²) in [6.07, 6.45) is 2.72. The number of ketones is 1. The molecule has 0 aliphatic rings. The standard InChI is InChI=1S/C22H14FNO5/c1-27-20-12-14(11-16(13-24)21(25)19-3-2-10-28-19)4-9-18(20)29-22(26)15-5-7-17(23)8-6-15/h2-12H,1H3/b16-11+. The molecule has 7 heteroatoms. The minimum atomic E-state index is -0.683. The number of hydrogen-bond acceptors (Lipinski definition) is 6. The first-order valence-electron chi connectivity index (χ1n) is 8.37. The molecule has 1 heterocycles. The molecule has 0 spiro atoms. The predicted octanol–water partition coefficient (Wildman–Crippen LogP) is 4.44. The maximum atomic E-state index is 13.0. The maximum Gasteiger partial charge on any atom is 0.343 e. The first-order valence-corrected chi connectivity index (χ1v) is 8.37. The van der Waals surface area contributed by atoms with Crippen molar-refractivity contribution in [2.75, 3.05) is 7.11 Å². The lowest BCUT2D eigenvalue weighted by Crippen LogP contribution is -2.09. The van der Waals surface area contributed by atoms with E-state index < -0.39 is 17.6 Å². The van der Waals surface area contributed by atoms with Crippen molar-refractivity contribution in [1.82, 2.24) is 0 Å². The molecule has 0 N–H and O–H groups in total. The molecular formula is C22H14FNO5. The number of Topliss-reactive ketones (excluding diaryl/α,β-unsaturated/α-hetero) is 1. The van der Waals surface area contributed by atoms with Gasteiger partial charge in [0.2, 0.25) is 5.78 Å². The van der Waals surface area contributed by atoms with Crippen LogP contribution in [0.1, 0.15) is 26.5 Å². The zero-order chi connectivity index (χ0) is 20.8. The molecule has 0 aliphatic carbocycles. The first-order chi connectivity index (χ1) is 14.0. The Morgan fingerprint density at radius 3 is 2.48 bits per heavy atom. The number of rotatable bonds is 6. The van der Waals surface area contributed by atoms with E-state index in [0.717, 1.165) is 12.1 Å². The van der Waals surface area contributed by atoms with Crippen LogP contribution in [0.15, 0.2) is 70.9 Å². The topological polar surface area (TPSA) is 89.5 Å². The van der Waals surface area contributed by atoms with Gasteiger partial charge in [0.1, 0.15) is 17.5 Å². The summed E-state index contributed by atoms with van der Waals surface area (Å²) in [4.78, 5) is 24.5. The molecule has 6 nitrogen and oxygen atoms in total. The van der Waals surface area contributed by atoms with Crippen molar-refractivity contribution in [2.45, 2.75) is 0 Å². The van der Waals surface area contributed by atoms with Crippen LogP contribution in [0.3, 0.4) is 0 Å². The Kier molecular flexibility index (Phi) is 5.85. The molecule has 0 saturated heterocycles. The van der Waals surface area contributed by atoms with Crippen molar-refractivity contribution in [3.05, 3.63) is 89.1 Å². The predicted molar refractivity (Wildman–Crippen MR) is 101 cm³/mol. The number of carbonyl (C=O) groups is 2. The van der Waals surface area contributed by atoms with Crippen molar-refractivity contribution < 1.29 is 27.9 Å². The van der Waals surface area contributed by atoms with Gasteiger partial charge < -0.3 is 13.9 Å². The summed E-state index contributed by atoms with van der Waals surface area (Å²) in [6.45, 7) is 0. The van der Waals surface area contributed by atoms with E-state index in [0.29, 0.717) is 5.56 Å². The van der Waals surface area contributed by atoms with Crippen LogP contribution in [0.4, 0.5) is 4.39 Å². The normalized spacial score (nSPS) is 10.9. The second-order valence-electron chi connectivity index (χ2n) is 5.78. The molecule has 144 valence electrons. The van der Waals surface area contributed by atoms with Gasteiger partial charge >= 0.3 is 5.97 Å². The highest BCUT2D eigenvalue weighted by atomic mass is 19.1. The Hall–Kier alpha value is -4.18. The Balaban J connectivity index is 1.84. The van der Waals surface area contributed by atoms with Gasteiger partial charge in [-0.3, -0.25) is 4.79 Å². The van der Waals surface area contributed by atoms with Gasteiger partial charge in [0, 0.05) is 0 Å². The molecule has 0 amide bonds. The van der Waals surface area contributed by atoms with Gasteiger partial charge in [0.15, 0.2) is 17.3 Å². The first kappa shape index (κ1) is 19.6. The van der Waals surface area contributed by atoms with Crippen LogP contribution < -0.4 is 9.47 Å². The van der Waals surface area contributed by atoms with Crippen molar-refractivity contribution in [2.24, 2.45) is 0 Å². The van der Waals surface area contributed by atoms with Crippen molar-refractivity contribution in [3.8, 4) is 17.6 Å². The number of ether oxygens (including phenoxy) is 2. The van der Waals surface area contributed by atoms with Gasteiger partial charge in [-0.1, -0.05) is 6.07 Å². The maximum absolute atomic E-state index is 13.0. The number of allylic oxidation sites excluding steroid dienone is 1. The Morgan fingerprint density at radius 2 is 1.86 bits per heavy atom. The largest absolute Gasteiger partial charge is 0.493 e. The summed E-state index contributed by atoms with van der Waals surface area (Å²) in [5.41, 5.74) is 0.534. The zero-order valence-corrected chi connectivity index (χ0v) is 15.2. The van der Waals surface area contributed by atoms with Crippen molar-refractivity contribution >= 4 is 17.8 Å². The molecule has 0 radical (unpaired) electrons. The van der Waals surface area contributed by atoms with Crippen LogP contribution in [-0.4, -0.2) is 18.9 Å². The van der Waals surface area contributed by atoms with E-state index in [4.69, 9.17) is 13.9 Å². The van der Waals surface area contributed by atoms with E-state index in [9.17, 15) is 19.2 Å². The molecule has 0 fully saturated rings. The molecule has 0 atom stereocenters. The second kappa shape index (κ2) is 8.67. The molecule has 0 unspecified atom stereocenters. The molecule has 1 aromatic heterocycles. The fraction of sp³-hybridized carbons (Fsp3) is 0.0455. The van der Waals surface area contributed by atoms with Crippen LogP contribution in [0.2, 0.25) is 0 Å². The fourth-order valence-corrected chi connectivity index (χ4v) is 2.46. The Labute approximate surface area is 165 Å². The van der Waals surface area contributed by atoms with Crippen LogP contribution in [0.25, 0.3) is 6.08 Å². The van der Waals surface area contributed by atoms with Gasteiger partial charge in [-0.05, 0) is 60.2 Å². The number of nitrogens with zero attached hydrogens (tertiary/aromatic N) is 1. The van der Waals surface area contributed by atoms with E-state index in [1.165, 1.54) is 49.8 Å². The number of furan rings is 1. The van der Waals surface area contributed by atoms with Crippen molar-refractivity contribution in [1.29, 1.82) is 5.26 Å². The lowest BCUT2D eigenvalue weighted by atomic mass is 10.1. The lowest BCUT2D eigenvalue weighted by molar-refractivity contribution is 0.0729. The third-order valence-electron chi connectivity index (χ3n) is 3.89. The minimum Gasteiger partial charge on any atom is -0.493 e. The number of halogens is 1. The number of carbonyl (C=O) groups excluding carboxylic acids is 2. The highest BCUT2D eigenvalue weighted by Crippen LogP contribution is 2.30. The average molecular weight is 391 g/mol. The molecule has 0 aliphatic heterocycles. The van der Waals surface area contributed by atoms with Gasteiger partial charge in [-0.2, -0.15) is 5.26 Å². The summed E-state index contributed by atoms with van der Waals surface area (Å²) in [5, 5.41) is 9.29. The average Bonchev–Trinajstić information content (AvgIpc) is 3.27. The highest BCUT2D eigenvalue weighted by molar-refractivity contribution is 6.12. The minimum absolute atomic E-state index is 0.0506. The molecular weight excluding hydrogens is 377 g/mol. The Morgan fingerprint density at radius 1 is 1.10 bits per heavy atom. The molecule has 29 heavy (non-hydrogen) atoms. The summed E-state index contributed by atoms with van der Waals surface area (Å²) in [7, 11) is 1.39. The van der Waals surface area contributed by atoms with Crippen molar-refractivity contribution in [3.63, 3.8) is 0 Å². The van der Waals surface area contributed by atoms with Crippen LogP contribution in [-0.2, 0) is 0 Å². The second-order valence-corrected chi connectivity index (χ2v) is 5.78.